The van der Waals surface area contributed by atoms with Gasteiger partial charge in [-0.25, -0.2) is 0 Å². The summed E-state index contributed by atoms with van der Waals surface area (Å²) in [6.07, 6.45) is -4.84. The van der Waals surface area contributed by atoms with Crippen LogP contribution >= 0.6 is 0 Å². The van der Waals surface area contributed by atoms with E-state index in [4.69, 9.17) is 23.7 Å². The number of carbonyl (C=O) groups is 4. The highest BCUT2D eigenvalue weighted by atomic mass is 16.7. The van der Waals surface area contributed by atoms with Crippen molar-refractivity contribution in [2.24, 2.45) is 0 Å². The summed E-state index contributed by atoms with van der Waals surface area (Å²) in [5.74, 6) is -2.34. The quantitative estimate of drug-likeness (QED) is 0.229. The minimum absolute atomic E-state index is 0.214. The number of carbonyl (C=O) groups excluding carboxylic acids is 4. The Morgan fingerprint density at radius 3 is 2.00 bits per heavy atom. The van der Waals surface area contributed by atoms with Crippen molar-refractivity contribution in [2.45, 2.75) is 58.3 Å². The molecule has 1 heterocycles. The van der Waals surface area contributed by atoms with Gasteiger partial charge in [0.25, 0.3) is 0 Å². The number of rotatable bonds is 8. The highest BCUT2D eigenvalue weighted by Gasteiger charge is 2.51. The van der Waals surface area contributed by atoms with Crippen LogP contribution in [0.2, 0.25) is 0 Å². The van der Waals surface area contributed by atoms with Crippen molar-refractivity contribution in [3.05, 3.63) is 24.3 Å². The molecule has 1 fully saturated rings. The van der Waals surface area contributed by atoms with Crippen molar-refractivity contribution < 1.29 is 52.9 Å². The molecule has 3 N–H and O–H groups in total. The number of esters is 3. The predicted molar refractivity (Wildman–Crippen MR) is 111 cm³/mol. The van der Waals surface area contributed by atoms with Gasteiger partial charge in [0, 0.05) is 27.7 Å². The van der Waals surface area contributed by atoms with Gasteiger partial charge in [-0.15, -0.1) is 0 Å². The Morgan fingerprint density at radius 1 is 0.939 bits per heavy atom. The Hall–Kier alpha value is -3.16. The van der Waals surface area contributed by atoms with Gasteiger partial charge in [0.05, 0.1) is 0 Å². The predicted octanol–water partition coefficient (Wildman–Crippen LogP) is -1.60. The minimum Gasteiger partial charge on any atom is -0.463 e. The first kappa shape index (κ1) is 26.1. The van der Waals surface area contributed by atoms with Crippen molar-refractivity contribution >= 4 is 36.4 Å². The Kier molecular flexibility index (Phi) is 9.20. The molecule has 180 valence electrons. The topological polar surface area (TPSA) is 167 Å². The lowest BCUT2D eigenvalue weighted by molar-refractivity contribution is -0.257. The molecule has 1 saturated heterocycles. The van der Waals surface area contributed by atoms with Gasteiger partial charge in [-0.1, -0.05) is 12.1 Å². The van der Waals surface area contributed by atoms with Crippen LogP contribution in [0, 0.1) is 0 Å². The Balaban J connectivity index is 2.42. The molecule has 1 aliphatic heterocycles. The Morgan fingerprint density at radius 2 is 1.52 bits per heavy atom. The molecular weight excluding hydrogens is 441 g/mol. The van der Waals surface area contributed by atoms with Crippen LogP contribution in [0.3, 0.4) is 0 Å². The van der Waals surface area contributed by atoms with Gasteiger partial charge in [-0.2, -0.15) is 0 Å². The zero-order valence-electron chi connectivity index (χ0n) is 18.5. The van der Waals surface area contributed by atoms with Gasteiger partial charge in [0.1, 0.15) is 24.5 Å². The second kappa shape index (κ2) is 11.6. The van der Waals surface area contributed by atoms with Gasteiger partial charge < -0.3 is 39.0 Å². The third kappa shape index (κ3) is 7.73. The first-order valence-electron chi connectivity index (χ1n) is 10.0. The largest absolute Gasteiger partial charge is 0.488 e. The molecule has 0 aliphatic carbocycles. The number of amides is 1. The summed E-state index contributed by atoms with van der Waals surface area (Å²) >= 11 is 0. The summed E-state index contributed by atoms with van der Waals surface area (Å²) in [4.78, 5) is 46.8. The third-order valence-electron chi connectivity index (χ3n) is 4.50. The second-order valence-electron chi connectivity index (χ2n) is 7.28. The summed E-state index contributed by atoms with van der Waals surface area (Å²) in [5.41, 5.74) is 0.214. The van der Waals surface area contributed by atoms with E-state index in [0.29, 0.717) is 0 Å². The third-order valence-corrected chi connectivity index (χ3v) is 4.50. The Bertz CT molecular complexity index is 860. The fourth-order valence-electron chi connectivity index (χ4n) is 3.24. The van der Waals surface area contributed by atoms with Crippen LogP contribution < -0.4 is 15.5 Å². The van der Waals surface area contributed by atoms with E-state index in [2.05, 4.69) is 5.32 Å². The average molecular weight is 467 g/mol. The van der Waals surface area contributed by atoms with Crippen molar-refractivity contribution in [3.8, 4) is 5.75 Å². The average Bonchev–Trinajstić information content (AvgIpc) is 2.70. The lowest BCUT2D eigenvalue weighted by Crippen LogP contribution is -2.67. The van der Waals surface area contributed by atoms with Gasteiger partial charge in [0.15, 0.2) is 12.2 Å². The van der Waals surface area contributed by atoms with Crippen molar-refractivity contribution in [3.63, 3.8) is 0 Å². The van der Waals surface area contributed by atoms with Crippen molar-refractivity contribution in [1.29, 1.82) is 0 Å². The lowest BCUT2D eigenvalue weighted by atomic mass is 9.80. The van der Waals surface area contributed by atoms with Crippen LogP contribution in [-0.4, -0.2) is 78.2 Å². The number of hydrogen-bond donors (Lipinski definition) is 3. The highest BCUT2D eigenvalue weighted by molar-refractivity contribution is 6.58. The molecule has 33 heavy (non-hydrogen) atoms. The maximum atomic E-state index is 11.9. The van der Waals surface area contributed by atoms with E-state index in [1.165, 1.54) is 38.1 Å². The Labute approximate surface area is 190 Å². The van der Waals surface area contributed by atoms with E-state index in [1.54, 1.807) is 0 Å². The zero-order chi connectivity index (χ0) is 24.7. The molecule has 13 heteroatoms. The van der Waals surface area contributed by atoms with Crippen LogP contribution in [0.25, 0.3) is 0 Å². The molecule has 0 spiro atoms. The standard InChI is InChI=1S/C20H26BNO11/c1-10(23)22-17-19(31-13(4)26)18(30-12(3)25)16(9-29-11(2)24)33-20(17)32-15-7-5-14(6-8-15)21(27)28/h5-8,16-20,27-28H,9H2,1-4H3,(H,22,23)/t16?,17?,18-,19?,20-/m1/s1. The first-order valence-corrected chi connectivity index (χ1v) is 10.0. The molecule has 1 aliphatic rings. The molecule has 1 amide bonds. The van der Waals surface area contributed by atoms with Gasteiger partial charge in [0.2, 0.25) is 12.2 Å². The van der Waals surface area contributed by atoms with E-state index in [0.717, 1.165) is 13.8 Å². The van der Waals surface area contributed by atoms with E-state index < -0.39 is 61.6 Å². The SMILES string of the molecule is CC(=O)NC1C(OC(C)=O)[C@H](OC(C)=O)C(COC(C)=O)O[C@H]1Oc1ccc(B(O)O)cc1. The molecule has 0 aromatic heterocycles. The summed E-state index contributed by atoms with van der Waals surface area (Å²) < 4.78 is 27.4. The number of benzene rings is 1. The number of ether oxygens (including phenoxy) is 5. The molecule has 0 saturated carbocycles. The molecular formula is C20H26BNO11. The van der Waals surface area contributed by atoms with Crippen LogP contribution in [0.4, 0.5) is 0 Å². The van der Waals surface area contributed by atoms with Crippen LogP contribution in [0.5, 0.6) is 5.75 Å². The molecule has 5 atom stereocenters. The van der Waals surface area contributed by atoms with E-state index in [-0.39, 0.29) is 17.8 Å². The van der Waals surface area contributed by atoms with Gasteiger partial charge in [-0.05, 0) is 17.6 Å². The van der Waals surface area contributed by atoms with Crippen LogP contribution in [0.1, 0.15) is 27.7 Å². The number of nitrogens with one attached hydrogen (secondary N) is 1. The van der Waals surface area contributed by atoms with E-state index in [1.807, 2.05) is 0 Å². The van der Waals surface area contributed by atoms with E-state index in [9.17, 15) is 29.2 Å². The van der Waals surface area contributed by atoms with E-state index >= 15 is 0 Å². The second-order valence-corrected chi connectivity index (χ2v) is 7.28. The van der Waals surface area contributed by atoms with Gasteiger partial charge >= 0.3 is 25.0 Å². The summed E-state index contributed by atoms with van der Waals surface area (Å²) in [7, 11) is -1.68. The lowest BCUT2D eigenvalue weighted by Gasteiger charge is -2.44. The smallest absolute Gasteiger partial charge is 0.463 e. The summed E-state index contributed by atoms with van der Waals surface area (Å²) in [6.45, 7) is 4.33. The fraction of sp³-hybridized carbons (Fsp3) is 0.500. The zero-order valence-corrected chi connectivity index (χ0v) is 18.5. The maximum absolute atomic E-state index is 11.9. The van der Waals surface area contributed by atoms with Crippen LogP contribution in [0.15, 0.2) is 24.3 Å². The fourth-order valence-corrected chi connectivity index (χ4v) is 3.24. The summed E-state index contributed by atoms with van der Waals surface area (Å²) in [5, 5.41) is 21.1. The van der Waals surface area contributed by atoms with Crippen molar-refractivity contribution in [1.82, 2.24) is 5.32 Å². The number of hydrogen-bond acceptors (Lipinski definition) is 11. The van der Waals surface area contributed by atoms with Crippen LogP contribution in [-0.2, 0) is 38.1 Å². The summed E-state index contributed by atoms with van der Waals surface area (Å²) in [6, 6.07) is 4.55. The molecule has 3 unspecified atom stereocenters. The molecule has 2 rings (SSSR count). The van der Waals surface area contributed by atoms with Crippen molar-refractivity contribution in [2.75, 3.05) is 6.61 Å². The monoisotopic (exact) mass is 467 g/mol. The normalized spacial score (nSPS) is 24.2. The first-order chi connectivity index (χ1) is 15.5. The molecule has 0 radical (unpaired) electrons. The molecule has 1 aromatic carbocycles. The molecule has 1 aromatic rings. The highest BCUT2D eigenvalue weighted by Crippen LogP contribution is 2.29. The van der Waals surface area contributed by atoms with Gasteiger partial charge in [-0.3, -0.25) is 19.2 Å². The molecule has 12 nitrogen and oxygen atoms in total. The molecule has 0 bridgehead atoms. The minimum atomic E-state index is -1.68. The maximum Gasteiger partial charge on any atom is 0.488 e.